The second-order valence-electron chi connectivity index (χ2n) is 4.36. The van der Waals surface area contributed by atoms with Gasteiger partial charge in [0.05, 0.1) is 6.54 Å². The third kappa shape index (κ3) is 7.08. The van der Waals surface area contributed by atoms with Crippen LogP contribution in [0.25, 0.3) is 0 Å². The van der Waals surface area contributed by atoms with Gasteiger partial charge >= 0.3 is 12.0 Å². The zero-order valence-electron chi connectivity index (χ0n) is 10.2. The second kappa shape index (κ2) is 7.88. The standard InChI is InChI=1S/C11H20N2O5/c14-9(10(15)16)6-13-11(17)12-4-1-5-18-7-8-2-3-8/h8-9,14H,1-7H2,(H,15,16)(H2,12,13,17)/t9-/m0/s1. The zero-order valence-corrected chi connectivity index (χ0v) is 10.2. The lowest BCUT2D eigenvalue weighted by Crippen LogP contribution is -2.42. The number of aliphatic hydroxyl groups is 1. The number of carbonyl (C=O) groups is 2. The van der Waals surface area contributed by atoms with E-state index in [9.17, 15) is 9.59 Å². The maximum absolute atomic E-state index is 11.2. The van der Waals surface area contributed by atoms with Crippen molar-refractivity contribution < 1.29 is 24.5 Å². The number of carbonyl (C=O) groups excluding carboxylic acids is 1. The van der Waals surface area contributed by atoms with Crippen molar-refractivity contribution in [2.45, 2.75) is 25.4 Å². The van der Waals surface area contributed by atoms with E-state index in [0.29, 0.717) is 19.6 Å². The van der Waals surface area contributed by atoms with Crippen molar-refractivity contribution in [3.05, 3.63) is 0 Å². The van der Waals surface area contributed by atoms with Gasteiger partial charge < -0.3 is 25.6 Å². The molecule has 4 N–H and O–H groups in total. The maximum atomic E-state index is 11.2. The lowest BCUT2D eigenvalue weighted by molar-refractivity contribution is -0.146. The molecule has 2 amide bonds. The molecule has 0 aromatic heterocycles. The van der Waals surface area contributed by atoms with E-state index < -0.39 is 18.1 Å². The van der Waals surface area contributed by atoms with Crippen molar-refractivity contribution in [1.82, 2.24) is 10.6 Å². The Kier molecular flexibility index (Phi) is 6.45. The van der Waals surface area contributed by atoms with Gasteiger partial charge in [0.1, 0.15) is 0 Å². The maximum Gasteiger partial charge on any atom is 0.334 e. The highest BCUT2D eigenvalue weighted by Gasteiger charge is 2.20. The highest BCUT2D eigenvalue weighted by atomic mass is 16.5. The number of amides is 2. The van der Waals surface area contributed by atoms with Gasteiger partial charge in [-0.1, -0.05) is 0 Å². The highest BCUT2D eigenvalue weighted by molar-refractivity contribution is 5.76. The third-order valence-corrected chi connectivity index (χ3v) is 2.54. The van der Waals surface area contributed by atoms with Crippen LogP contribution in [0.1, 0.15) is 19.3 Å². The topological polar surface area (TPSA) is 108 Å². The van der Waals surface area contributed by atoms with Crippen molar-refractivity contribution in [1.29, 1.82) is 0 Å². The fourth-order valence-corrected chi connectivity index (χ4v) is 1.25. The molecule has 1 atom stereocenters. The number of nitrogens with one attached hydrogen (secondary N) is 2. The number of ether oxygens (including phenoxy) is 1. The van der Waals surface area contributed by atoms with Gasteiger partial charge in [-0.25, -0.2) is 9.59 Å². The summed E-state index contributed by atoms with van der Waals surface area (Å²) in [6, 6.07) is -0.488. The molecule has 7 heteroatoms. The van der Waals surface area contributed by atoms with Crippen molar-refractivity contribution in [3.8, 4) is 0 Å². The van der Waals surface area contributed by atoms with Gasteiger partial charge in [0.15, 0.2) is 6.10 Å². The molecule has 0 radical (unpaired) electrons. The molecule has 1 saturated carbocycles. The van der Waals surface area contributed by atoms with Crippen LogP contribution in [0.2, 0.25) is 0 Å². The molecular weight excluding hydrogens is 240 g/mol. The van der Waals surface area contributed by atoms with E-state index in [0.717, 1.165) is 12.5 Å². The van der Waals surface area contributed by atoms with Crippen LogP contribution in [0.4, 0.5) is 4.79 Å². The number of aliphatic hydroxyl groups excluding tert-OH is 1. The van der Waals surface area contributed by atoms with Crippen molar-refractivity contribution in [2.75, 3.05) is 26.3 Å². The van der Waals surface area contributed by atoms with E-state index in [-0.39, 0.29) is 6.54 Å². The molecule has 1 rings (SSSR count). The fourth-order valence-electron chi connectivity index (χ4n) is 1.25. The molecule has 104 valence electrons. The number of carboxylic acids is 1. The summed E-state index contributed by atoms with van der Waals surface area (Å²) in [7, 11) is 0. The van der Waals surface area contributed by atoms with Crippen LogP contribution in [0.3, 0.4) is 0 Å². The molecule has 0 aliphatic heterocycles. The number of hydrogen-bond acceptors (Lipinski definition) is 4. The Morgan fingerprint density at radius 2 is 2.06 bits per heavy atom. The van der Waals surface area contributed by atoms with Gasteiger partial charge in [-0.3, -0.25) is 0 Å². The Hall–Kier alpha value is -1.34. The van der Waals surface area contributed by atoms with Gasteiger partial charge in [0, 0.05) is 19.8 Å². The summed E-state index contributed by atoms with van der Waals surface area (Å²) in [5.74, 6) is -0.623. The normalized spacial score (nSPS) is 16.1. The average molecular weight is 260 g/mol. The molecule has 0 heterocycles. The molecule has 1 aliphatic rings. The van der Waals surface area contributed by atoms with E-state index in [2.05, 4.69) is 10.6 Å². The summed E-state index contributed by atoms with van der Waals surface area (Å²) < 4.78 is 5.38. The summed E-state index contributed by atoms with van der Waals surface area (Å²) in [5, 5.41) is 22.1. The number of urea groups is 1. The van der Waals surface area contributed by atoms with Crippen LogP contribution in [-0.4, -0.2) is 54.6 Å². The monoisotopic (exact) mass is 260 g/mol. The molecule has 0 aromatic rings. The summed E-state index contributed by atoms with van der Waals surface area (Å²) in [6.45, 7) is 1.56. The quantitative estimate of drug-likeness (QED) is 0.420. The lowest BCUT2D eigenvalue weighted by Gasteiger charge is -2.09. The van der Waals surface area contributed by atoms with Crippen LogP contribution < -0.4 is 10.6 Å². The predicted molar refractivity (Wildman–Crippen MR) is 63.2 cm³/mol. The largest absolute Gasteiger partial charge is 0.479 e. The van der Waals surface area contributed by atoms with E-state index >= 15 is 0 Å². The van der Waals surface area contributed by atoms with Crippen LogP contribution in [0.5, 0.6) is 0 Å². The number of aliphatic carboxylic acids is 1. The van der Waals surface area contributed by atoms with E-state index in [1.807, 2.05) is 0 Å². The Bertz CT molecular complexity index is 281. The van der Waals surface area contributed by atoms with Crippen LogP contribution in [0.15, 0.2) is 0 Å². The van der Waals surface area contributed by atoms with Crippen molar-refractivity contribution >= 4 is 12.0 Å². The van der Waals surface area contributed by atoms with Gasteiger partial charge in [-0.15, -0.1) is 0 Å². The van der Waals surface area contributed by atoms with Gasteiger partial charge in [0.2, 0.25) is 0 Å². The Balaban J connectivity index is 1.87. The second-order valence-corrected chi connectivity index (χ2v) is 4.36. The molecule has 18 heavy (non-hydrogen) atoms. The fraction of sp³-hybridized carbons (Fsp3) is 0.818. The Labute approximate surface area is 106 Å². The van der Waals surface area contributed by atoms with E-state index in [1.54, 1.807) is 0 Å². The zero-order chi connectivity index (χ0) is 13.4. The summed E-state index contributed by atoms with van der Waals surface area (Å²) in [4.78, 5) is 21.4. The van der Waals surface area contributed by atoms with Gasteiger partial charge in [-0.05, 0) is 25.2 Å². The van der Waals surface area contributed by atoms with Crippen LogP contribution in [0, 0.1) is 5.92 Å². The molecular formula is C11H20N2O5. The lowest BCUT2D eigenvalue weighted by atomic mass is 10.3. The first-order valence-electron chi connectivity index (χ1n) is 6.10. The van der Waals surface area contributed by atoms with Crippen molar-refractivity contribution in [2.24, 2.45) is 5.92 Å². The van der Waals surface area contributed by atoms with Crippen LogP contribution >= 0.6 is 0 Å². The summed E-state index contributed by atoms with van der Waals surface area (Å²) >= 11 is 0. The summed E-state index contributed by atoms with van der Waals surface area (Å²) in [6.07, 6.45) is 1.65. The Morgan fingerprint density at radius 3 is 2.67 bits per heavy atom. The molecule has 0 aromatic carbocycles. The Morgan fingerprint density at radius 1 is 1.33 bits per heavy atom. The van der Waals surface area contributed by atoms with Gasteiger partial charge in [-0.2, -0.15) is 0 Å². The molecule has 0 spiro atoms. The molecule has 1 fully saturated rings. The van der Waals surface area contributed by atoms with Crippen molar-refractivity contribution in [3.63, 3.8) is 0 Å². The predicted octanol–water partition coefficient (Wildman–Crippen LogP) is -0.452. The minimum atomic E-state index is -1.57. The van der Waals surface area contributed by atoms with E-state index in [4.69, 9.17) is 14.9 Å². The SMILES string of the molecule is O=C(NCCCOCC1CC1)NC[C@H](O)C(=O)O. The molecule has 0 unspecified atom stereocenters. The molecule has 0 saturated heterocycles. The summed E-state index contributed by atoms with van der Waals surface area (Å²) in [5.41, 5.74) is 0. The smallest absolute Gasteiger partial charge is 0.334 e. The minimum Gasteiger partial charge on any atom is -0.479 e. The van der Waals surface area contributed by atoms with E-state index in [1.165, 1.54) is 12.8 Å². The number of carboxylic acid groups (broad SMARTS) is 1. The van der Waals surface area contributed by atoms with Crippen LogP contribution in [-0.2, 0) is 9.53 Å². The minimum absolute atomic E-state index is 0.306. The first-order valence-corrected chi connectivity index (χ1v) is 6.10. The van der Waals surface area contributed by atoms with Gasteiger partial charge in [0.25, 0.3) is 0 Å². The molecule has 1 aliphatic carbocycles. The first kappa shape index (κ1) is 14.7. The third-order valence-electron chi connectivity index (χ3n) is 2.54. The average Bonchev–Trinajstić information content (AvgIpc) is 3.14. The first-order chi connectivity index (χ1) is 8.59. The molecule has 7 nitrogen and oxygen atoms in total. The number of rotatable bonds is 9. The highest BCUT2D eigenvalue weighted by Crippen LogP contribution is 2.28. The number of hydrogen-bond donors (Lipinski definition) is 4. The molecule has 0 bridgehead atoms.